The largest absolute Gasteiger partial charge is 0.495 e. The van der Waals surface area contributed by atoms with E-state index in [1.807, 2.05) is 24.3 Å². The summed E-state index contributed by atoms with van der Waals surface area (Å²) in [4.78, 5) is 8.15. The third-order valence-corrected chi connectivity index (χ3v) is 2.33. The molecule has 0 saturated heterocycles. The smallest absolute Gasteiger partial charge is 0.223 e. The summed E-state index contributed by atoms with van der Waals surface area (Å²) in [6.07, 6.45) is 0. The van der Waals surface area contributed by atoms with Gasteiger partial charge < -0.3 is 20.3 Å². The van der Waals surface area contributed by atoms with Crippen LogP contribution >= 0.6 is 24.0 Å². The first kappa shape index (κ1) is 16.2. The molecule has 0 radical (unpaired) electrons. The summed E-state index contributed by atoms with van der Waals surface area (Å²) in [5.74, 6) is 1.94. The number of anilines is 1. The summed E-state index contributed by atoms with van der Waals surface area (Å²) < 4.78 is 10.0. The lowest BCUT2D eigenvalue weighted by atomic mass is 10.3. The lowest BCUT2D eigenvalue weighted by molar-refractivity contribution is 0.387. The molecule has 3 N–H and O–H groups in total. The van der Waals surface area contributed by atoms with Gasteiger partial charge in [0.15, 0.2) is 11.8 Å². The van der Waals surface area contributed by atoms with E-state index in [0.717, 1.165) is 5.69 Å². The first-order valence-electron chi connectivity index (χ1n) is 5.68. The number of halogens is 1. The van der Waals surface area contributed by atoms with Crippen LogP contribution in [-0.4, -0.2) is 23.2 Å². The molecule has 2 aromatic rings. The first-order valence-corrected chi connectivity index (χ1v) is 5.68. The van der Waals surface area contributed by atoms with E-state index in [4.69, 9.17) is 15.0 Å². The van der Waals surface area contributed by atoms with Crippen LogP contribution in [0.25, 0.3) is 0 Å². The zero-order valence-electron chi connectivity index (χ0n) is 11.2. The maximum Gasteiger partial charge on any atom is 0.223 e. The van der Waals surface area contributed by atoms with E-state index < -0.39 is 0 Å². The Morgan fingerprint density at radius 3 is 2.85 bits per heavy atom. The van der Waals surface area contributed by atoms with Crippen molar-refractivity contribution in [1.82, 2.24) is 10.1 Å². The molecule has 1 aromatic carbocycles. The van der Waals surface area contributed by atoms with Crippen molar-refractivity contribution in [1.29, 1.82) is 0 Å². The number of guanidine groups is 1. The summed E-state index contributed by atoms with van der Waals surface area (Å²) in [6, 6.07) is 7.43. The monoisotopic (exact) mass is 389 g/mol. The molecule has 8 heteroatoms. The van der Waals surface area contributed by atoms with Crippen LogP contribution in [0.5, 0.6) is 5.75 Å². The molecule has 0 fully saturated rings. The molecular weight excluding hydrogens is 373 g/mol. The van der Waals surface area contributed by atoms with Crippen molar-refractivity contribution in [3.8, 4) is 5.75 Å². The van der Waals surface area contributed by atoms with Gasteiger partial charge in [0.25, 0.3) is 0 Å². The molecule has 0 bridgehead atoms. The predicted octanol–water partition coefficient (Wildman–Crippen LogP) is 1.93. The number of ether oxygens (including phenoxy) is 1. The van der Waals surface area contributed by atoms with Crippen LogP contribution in [0.1, 0.15) is 11.7 Å². The fourth-order valence-electron chi connectivity index (χ4n) is 1.49. The minimum Gasteiger partial charge on any atom is -0.495 e. The van der Waals surface area contributed by atoms with Gasteiger partial charge in [-0.2, -0.15) is 4.98 Å². The zero-order valence-corrected chi connectivity index (χ0v) is 13.5. The molecule has 1 heterocycles. The molecule has 0 aliphatic rings. The number of aliphatic imine (C=N–C) groups is 1. The van der Waals surface area contributed by atoms with E-state index >= 15 is 0 Å². The van der Waals surface area contributed by atoms with Crippen LogP contribution < -0.4 is 15.8 Å². The Labute approximate surface area is 133 Å². The number of hydrogen-bond donors (Lipinski definition) is 2. The number of nitrogens with two attached hydrogens (primary N) is 1. The highest BCUT2D eigenvalue weighted by atomic mass is 127. The Morgan fingerprint density at radius 2 is 2.20 bits per heavy atom. The number of rotatable bonds is 4. The SMILES string of the molecule is COc1ccccc1NC(N)=NCc1noc(C)n1.I. The number of methoxy groups -OCH3 is 1. The van der Waals surface area contributed by atoms with Crippen molar-refractivity contribution in [3.05, 3.63) is 36.0 Å². The second-order valence-corrected chi connectivity index (χ2v) is 3.76. The van der Waals surface area contributed by atoms with Crippen LogP contribution in [-0.2, 0) is 6.54 Å². The van der Waals surface area contributed by atoms with Crippen molar-refractivity contribution >= 4 is 35.6 Å². The molecule has 0 spiro atoms. The van der Waals surface area contributed by atoms with Crippen molar-refractivity contribution in [2.45, 2.75) is 13.5 Å². The van der Waals surface area contributed by atoms with Crippen molar-refractivity contribution < 1.29 is 9.26 Å². The minimum atomic E-state index is 0. The van der Waals surface area contributed by atoms with Gasteiger partial charge in [0, 0.05) is 6.92 Å². The van der Waals surface area contributed by atoms with Gasteiger partial charge in [0.05, 0.1) is 12.8 Å². The quantitative estimate of drug-likeness (QED) is 0.471. The van der Waals surface area contributed by atoms with Gasteiger partial charge in [-0.15, -0.1) is 24.0 Å². The van der Waals surface area contributed by atoms with Crippen LogP contribution in [0.2, 0.25) is 0 Å². The van der Waals surface area contributed by atoms with Crippen molar-refractivity contribution in [2.24, 2.45) is 10.7 Å². The second kappa shape index (κ2) is 7.68. The third kappa shape index (κ3) is 4.37. The van der Waals surface area contributed by atoms with Crippen LogP contribution in [0.15, 0.2) is 33.8 Å². The molecule has 7 nitrogen and oxygen atoms in total. The Morgan fingerprint density at radius 1 is 1.45 bits per heavy atom. The summed E-state index contributed by atoms with van der Waals surface area (Å²) in [6.45, 7) is 1.97. The minimum absolute atomic E-state index is 0. The Balaban J connectivity index is 0.00000200. The molecule has 0 aliphatic carbocycles. The molecule has 108 valence electrons. The normalized spacial score (nSPS) is 10.8. The van der Waals surface area contributed by atoms with E-state index in [9.17, 15) is 0 Å². The number of benzene rings is 1. The van der Waals surface area contributed by atoms with Crippen LogP contribution in [0, 0.1) is 6.92 Å². The number of aromatic nitrogens is 2. The number of hydrogen-bond acceptors (Lipinski definition) is 5. The van der Waals surface area contributed by atoms with Crippen molar-refractivity contribution in [2.75, 3.05) is 12.4 Å². The zero-order chi connectivity index (χ0) is 13.7. The first-order chi connectivity index (χ1) is 9.19. The van der Waals surface area contributed by atoms with Gasteiger partial charge in [0.1, 0.15) is 12.3 Å². The summed E-state index contributed by atoms with van der Waals surface area (Å²) >= 11 is 0. The Hall–Kier alpha value is -1.84. The van der Waals surface area contributed by atoms with Gasteiger partial charge in [-0.3, -0.25) is 0 Å². The maximum atomic E-state index is 5.78. The number of aryl methyl sites for hydroxylation is 1. The highest BCUT2D eigenvalue weighted by molar-refractivity contribution is 14.0. The molecule has 0 saturated carbocycles. The molecule has 0 atom stereocenters. The van der Waals surface area contributed by atoms with Gasteiger partial charge >= 0.3 is 0 Å². The highest BCUT2D eigenvalue weighted by Crippen LogP contribution is 2.22. The van der Waals surface area contributed by atoms with Gasteiger partial charge in [0.2, 0.25) is 5.89 Å². The average molecular weight is 389 g/mol. The molecule has 20 heavy (non-hydrogen) atoms. The molecular formula is C12H16IN5O2. The molecule has 0 amide bonds. The number of nitrogens with one attached hydrogen (secondary N) is 1. The fourth-order valence-corrected chi connectivity index (χ4v) is 1.49. The molecule has 1 aromatic heterocycles. The summed E-state index contributed by atoms with van der Waals surface area (Å²) in [5, 5.41) is 6.68. The highest BCUT2D eigenvalue weighted by Gasteiger charge is 2.04. The number of nitrogens with zero attached hydrogens (tertiary/aromatic N) is 3. The van der Waals surface area contributed by atoms with E-state index in [1.165, 1.54) is 0 Å². The topological polar surface area (TPSA) is 98.6 Å². The Bertz CT molecular complexity index is 585. The molecule has 0 aliphatic heterocycles. The van der Waals surface area contributed by atoms with E-state index in [1.54, 1.807) is 14.0 Å². The maximum absolute atomic E-state index is 5.78. The lowest BCUT2D eigenvalue weighted by Crippen LogP contribution is -2.23. The standard InChI is InChI=1S/C12H15N5O2.HI/c1-8-15-11(17-19-8)7-14-12(13)16-9-5-3-4-6-10(9)18-2;/h3-6H,7H2,1-2H3,(H3,13,14,16);1H. The van der Waals surface area contributed by atoms with Crippen LogP contribution in [0.4, 0.5) is 5.69 Å². The summed E-state index contributed by atoms with van der Waals surface area (Å²) in [5.41, 5.74) is 6.53. The fraction of sp³-hybridized carbons (Fsp3) is 0.250. The van der Waals surface area contributed by atoms with E-state index in [0.29, 0.717) is 17.5 Å². The summed E-state index contributed by atoms with van der Waals surface area (Å²) in [7, 11) is 1.59. The van der Waals surface area contributed by atoms with Gasteiger partial charge in [-0.1, -0.05) is 17.3 Å². The predicted molar refractivity (Wildman–Crippen MR) is 86.4 cm³/mol. The molecule has 2 rings (SSSR count). The number of para-hydroxylation sites is 2. The van der Waals surface area contributed by atoms with Gasteiger partial charge in [-0.25, -0.2) is 4.99 Å². The lowest BCUT2D eigenvalue weighted by Gasteiger charge is -2.09. The average Bonchev–Trinajstić information content (AvgIpc) is 2.83. The van der Waals surface area contributed by atoms with Crippen LogP contribution in [0.3, 0.4) is 0 Å². The third-order valence-electron chi connectivity index (χ3n) is 2.33. The Kier molecular flexibility index (Phi) is 6.22. The van der Waals surface area contributed by atoms with Gasteiger partial charge in [-0.05, 0) is 12.1 Å². The second-order valence-electron chi connectivity index (χ2n) is 3.76. The van der Waals surface area contributed by atoms with E-state index in [-0.39, 0.29) is 36.5 Å². The van der Waals surface area contributed by atoms with Crippen molar-refractivity contribution in [3.63, 3.8) is 0 Å². The molecule has 0 unspecified atom stereocenters. The van der Waals surface area contributed by atoms with E-state index in [2.05, 4.69) is 20.4 Å².